The number of hydrogen-bond acceptors (Lipinski definition) is 2. The summed E-state index contributed by atoms with van der Waals surface area (Å²) in [4.78, 5) is 0. The molecule has 2 aliphatic heterocycles. The summed E-state index contributed by atoms with van der Waals surface area (Å²) in [5.41, 5.74) is 1.000. The molecule has 0 N–H and O–H groups in total. The van der Waals surface area contributed by atoms with E-state index in [4.69, 9.17) is 9.47 Å². The molecule has 2 saturated heterocycles. The molecular formula is C11H20O2. The highest BCUT2D eigenvalue weighted by molar-refractivity contribution is 4.95. The smallest absolute Gasteiger partial charge is 0.0544 e. The first-order chi connectivity index (χ1) is 6.24. The van der Waals surface area contributed by atoms with E-state index in [0.717, 1.165) is 26.4 Å². The van der Waals surface area contributed by atoms with E-state index in [1.165, 1.54) is 19.3 Å². The third-order valence-corrected chi connectivity index (χ3v) is 3.88. The summed E-state index contributed by atoms with van der Waals surface area (Å²) in [5.74, 6) is 0. The average Bonchev–Trinajstić information content (AvgIpc) is 2.02. The SMILES string of the molecule is CCC1(CC2(CC)COC2)COC1. The molecule has 2 aliphatic rings. The van der Waals surface area contributed by atoms with Gasteiger partial charge in [-0.05, 0) is 19.3 Å². The second kappa shape index (κ2) is 3.25. The molecule has 2 nitrogen and oxygen atoms in total. The summed E-state index contributed by atoms with van der Waals surface area (Å²) < 4.78 is 10.7. The van der Waals surface area contributed by atoms with Crippen LogP contribution in [0.5, 0.6) is 0 Å². The molecule has 0 radical (unpaired) electrons. The highest BCUT2D eigenvalue weighted by atomic mass is 16.5. The van der Waals surface area contributed by atoms with Crippen LogP contribution < -0.4 is 0 Å². The van der Waals surface area contributed by atoms with Crippen LogP contribution in [0.3, 0.4) is 0 Å². The molecule has 13 heavy (non-hydrogen) atoms. The minimum absolute atomic E-state index is 0.500. The quantitative estimate of drug-likeness (QED) is 0.667. The lowest BCUT2D eigenvalue weighted by Crippen LogP contribution is -2.52. The molecule has 76 valence electrons. The van der Waals surface area contributed by atoms with Crippen molar-refractivity contribution < 1.29 is 9.47 Å². The van der Waals surface area contributed by atoms with E-state index in [1.807, 2.05) is 0 Å². The van der Waals surface area contributed by atoms with Gasteiger partial charge in [0.05, 0.1) is 26.4 Å². The lowest BCUT2D eigenvalue weighted by Gasteiger charge is -2.51. The zero-order valence-electron chi connectivity index (χ0n) is 8.77. The third kappa shape index (κ3) is 1.50. The fourth-order valence-corrected chi connectivity index (χ4v) is 2.44. The maximum absolute atomic E-state index is 5.35. The van der Waals surface area contributed by atoms with Crippen LogP contribution in [0.1, 0.15) is 33.1 Å². The van der Waals surface area contributed by atoms with E-state index >= 15 is 0 Å². The van der Waals surface area contributed by atoms with E-state index < -0.39 is 0 Å². The molecule has 0 aromatic heterocycles. The monoisotopic (exact) mass is 184 g/mol. The normalized spacial score (nSPS) is 29.1. The lowest BCUT2D eigenvalue weighted by molar-refractivity contribution is -0.190. The van der Waals surface area contributed by atoms with Gasteiger partial charge >= 0.3 is 0 Å². The molecule has 2 heteroatoms. The maximum atomic E-state index is 5.35. The van der Waals surface area contributed by atoms with Crippen molar-refractivity contribution in [2.75, 3.05) is 26.4 Å². The molecule has 2 heterocycles. The number of rotatable bonds is 4. The second-order valence-electron chi connectivity index (χ2n) is 4.87. The van der Waals surface area contributed by atoms with Crippen LogP contribution in [0.2, 0.25) is 0 Å². The zero-order chi connectivity index (χ0) is 9.36. The largest absolute Gasteiger partial charge is 0.380 e. The van der Waals surface area contributed by atoms with Crippen LogP contribution in [0.25, 0.3) is 0 Å². The topological polar surface area (TPSA) is 18.5 Å². The lowest BCUT2D eigenvalue weighted by atomic mass is 9.66. The minimum atomic E-state index is 0.500. The second-order valence-corrected chi connectivity index (χ2v) is 4.87. The Hall–Kier alpha value is -0.0800. The molecule has 0 spiro atoms. The summed E-state index contributed by atoms with van der Waals surface area (Å²) in [6.07, 6.45) is 3.83. The van der Waals surface area contributed by atoms with Gasteiger partial charge in [0.25, 0.3) is 0 Å². The molecule has 2 rings (SSSR count). The molecule has 0 amide bonds. The Morgan fingerprint density at radius 1 is 0.846 bits per heavy atom. The Morgan fingerprint density at radius 2 is 1.23 bits per heavy atom. The van der Waals surface area contributed by atoms with E-state index in [0.29, 0.717) is 10.8 Å². The highest BCUT2D eigenvalue weighted by Gasteiger charge is 2.47. The van der Waals surface area contributed by atoms with E-state index in [1.54, 1.807) is 0 Å². The van der Waals surface area contributed by atoms with Crippen molar-refractivity contribution >= 4 is 0 Å². The van der Waals surface area contributed by atoms with Crippen molar-refractivity contribution in [2.24, 2.45) is 10.8 Å². The fraction of sp³-hybridized carbons (Fsp3) is 1.00. The molecule has 0 aliphatic carbocycles. The Balaban J connectivity index is 1.94. The van der Waals surface area contributed by atoms with Crippen LogP contribution in [-0.4, -0.2) is 26.4 Å². The molecule has 0 saturated carbocycles. The predicted octanol–water partition coefficient (Wildman–Crippen LogP) is 2.23. The maximum Gasteiger partial charge on any atom is 0.0544 e. The van der Waals surface area contributed by atoms with Crippen molar-refractivity contribution in [2.45, 2.75) is 33.1 Å². The van der Waals surface area contributed by atoms with Crippen LogP contribution >= 0.6 is 0 Å². The van der Waals surface area contributed by atoms with Gasteiger partial charge in [-0.2, -0.15) is 0 Å². The zero-order valence-corrected chi connectivity index (χ0v) is 8.77. The first-order valence-electron chi connectivity index (χ1n) is 5.40. The summed E-state index contributed by atoms with van der Waals surface area (Å²) in [6, 6.07) is 0. The molecular weight excluding hydrogens is 164 g/mol. The summed E-state index contributed by atoms with van der Waals surface area (Å²) in [7, 11) is 0. The van der Waals surface area contributed by atoms with Gasteiger partial charge in [0, 0.05) is 10.8 Å². The predicted molar refractivity (Wildman–Crippen MR) is 51.7 cm³/mol. The molecule has 0 atom stereocenters. The van der Waals surface area contributed by atoms with E-state index in [2.05, 4.69) is 13.8 Å². The molecule has 0 aromatic rings. The van der Waals surface area contributed by atoms with Gasteiger partial charge in [0.2, 0.25) is 0 Å². The van der Waals surface area contributed by atoms with Crippen LogP contribution in [0.15, 0.2) is 0 Å². The van der Waals surface area contributed by atoms with Gasteiger partial charge in [-0.25, -0.2) is 0 Å². The molecule has 0 bridgehead atoms. The van der Waals surface area contributed by atoms with Crippen molar-refractivity contribution in [1.82, 2.24) is 0 Å². The Bertz CT molecular complexity index is 150. The Morgan fingerprint density at radius 3 is 1.38 bits per heavy atom. The Kier molecular flexibility index (Phi) is 2.37. The van der Waals surface area contributed by atoms with Gasteiger partial charge < -0.3 is 9.47 Å². The van der Waals surface area contributed by atoms with Crippen molar-refractivity contribution in [3.05, 3.63) is 0 Å². The van der Waals surface area contributed by atoms with Crippen molar-refractivity contribution in [3.8, 4) is 0 Å². The minimum Gasteiger partial charge on any atom is -0.380 e. The average molecular weight is 184 g/mol. The fourth-order valence-electron chi connectivity index (χ4n) is 2.44. The van der Waals surface area contributed by atoms with Crippen molar-refractivity contribution in [1.29, 1.82) is 0 Å². The summed E-state index contributed by atoms with van der Waals surface area (Å²) >= 11 is 0. The molecule has 0 aromatic carbocycles. The Labute approximate surface area is 80.6 Å². The van der Waals surface area contributed by atoms with Crippen molar-refractivity contribution in [3.63, 3.8) is 0 Å². The highest BCUT2D eigenvalue weighted by Crippen LogP contribution is 2.47. The first kappa shape index (κ1) is 9.47. The van der Waals surface area contributed by atoms with Gasteiger partial charge in [-0.1, -0.05) is 13.8 Å². The van der Waals surface area contributed by atoms with Gasteiger partial charge in [-0.3, -0.25) is 0 Å². The van der Waals surface area contributed by atoms with Gasteiger partial charge in [0.1, 0.15) is 0 Å². The standard InChI is InChI=1S/C11H20O2/c1-3-10(6-12-7-10)5-11(4-2)8-13-9-11/h3-9H2,1-2H3. The summed E-state index contributed by atoms with van der Waals surface area (Å²) in [5, 5.41) is 0. The summed E-state index contributed by atoms with van der Waals surface area (Å²) in [6.45, 7) is 8.48. The first-order valence-corrected chi connectivity index (χ1v) is 5.40. The number of hydrogen-bond donors (Lipinski definition) is 0. The number of ether oxygens (including phenoxy) is 2. The van der Waals surface area contributed by atoms with Crippen LogP contribution in [0, 0.1) is 10.8 Å². The van der Waals surface area contributed by atoms with Crippen LogP contribution in [0.4, 0.5) is 0 Å². The van der Waals surface area contributed by atoms with E-state index in [9.17, 15) is 0 Å². The molecule has 2 fully saturated rings. The van der Waals surface area contributed by atoms with Gasteiger partial charge in [-0.15, -0.1) is 0 Å². The third-order valence-electron chi connectivity index (χ3n) is 3.88. The molecule has 0 unspecified atom stereocenters. The van der Waals surface area contributed by atoms with Crippen LogP contribution in [-0.2, 0) is 9.47 Å². The van der Waals surface area contributed by atoms with Gasteiger partial charge in [0.15, 0.2) is 0 Å². The van der Waals surface area contributed by atoms with E-state index in [-0.39, 0.29) is 0 Å².